The Bertz CT molecular complexity index is 288. The molecular formula is C9H11BrO3. The summed E-state index contributed by atoms with van der Waals surface area (Å²) in [5, 5.41) is 8.51. The molecule has 0 spiro atoms. The van der Waals surface area contributed by atoms with Gasteiger partial charge in [0.2, 0.25) is 0 Å². The van der Waals surface area contributed by atoms with Crippen LogP contribution in [-0.4, -0.2) is 12.4 Å². The highest BCUT2D eigenvalue weighted by Gasteiger charge is 2.10. The molecule has 0 amide bonds. The highest BCUT2D eigenvalue weighted by Crippen LogP contribution is 2.28. The fourth-order valence-corrected chi connectivity index (χ4v) is 1.59. The van der Waals surface area contributed by atoms with Crippen molar-refractivity contribution in [1.29, 1.82) is 0 Å². The Kier molecular flexibility index (Phi) is 3.71. The molecule has 0 heterocycles. The van der Waals surface area contributed by atoms with Crippen LogP contribution in [0.4, 0.5) is 0 Å². The average Bonchev–Trinajstić information content (AvgIpc) is 2.17. The summed E-state index contributed by atoms with van der Waals surface area (Å²) in [5.74, 6) is 0.738. The number of hydrogen-bond donors (Lipinski definition) is 1. The van der Waals surface area contributed by atoms with Crippen molar-refractivity contribution >= 4 is 15.9 Å². The molecule has 1 aromatic rings. The molecule has 0 aliphatic carbocycles. The third-order valence-corrected chi connectivity index (χ3v) is 2.52. The molecular weight excluding hydrogens is 236 g/mol. The van der Waals surface area contributed by atoms with Gasteiger partial charge in [0, 0.05) is 10.0 Å². The van der Waals surface area contributed by atoms with Gasteiger partial charge in [-0.05, 0) is 25.1 Å². The summed E-state index contributed by atoms with van der Waals surface area (Å²) in [4.78, 5) is 4.23. The summed E-state index contributed by atoms with van der Waals surface area (Å²) in [6.45, 7) is 1.75. The monoisotopic (exact) mass is 246 g/mol. The van der Waals surface area contributed by atoms with Crippen molar-refractivity contribution in [3.8, 4) is 5.75 Å². The molecule has 3 nitrogen and oxygen atoms in total. The Labute approximate surface area is 85.3 Å². The van der Waals surface area contributed by atoms with Crippen molar-refractivity contribution < 1.29 is 14.9 Å². The van der Waals surface area contributed by atoms with E-state index in [0.717, 1.165) is 15.8 Å². The maximum Gasteiger partial charge on any atom is 0.119 e. The van der Waals surface area contributed by atoms with Gasteiger partial charge in [-0.3, -0.25) is 5.26 Å². The Morgan fingerprint density at radius 2 is 2.15 bits per heavy atom. The second-order valence-corrected chi connectivity index (χ2v) is 3.49. The van der Waals surface area contributed by atoms with Gasteiger partial charge in [0.25, 0.3) is 0 Å². The van der Waals surface area contributed by atoms with E-state index in [1.807, 2.05) is 18.2 Å². The summed E-state index contributed by atoms with van der Waals surface area (Å²) in [5.41, 5.74) is 0.849. The van der Waals surface area contributed by atoms with Gasteiger partial charge in [-0.15, -0.1) is 0 Å². The van der Waals surface area contributed by atoms with Crippen molar-refractivity contribution in [3.05, 3.63) is 28.2 Å². The van der Waals surface area contributed by atoms with Gasteiger partial charge in [-0.2, -0.15) is 0 Å². The highest BCUT2D eigenvalue weighted by atomic mass is 79.9. The Balaban J connectivity index is 3.03. The standard InChI is InChI=1S/C9H11BrO3/c1-6(13-11)8-5-7(12-2)3-4-9(8)10/h3-6,11H,1-2H3. The van der Waals surface area contributed by atoms with E-state index >= 15 is 0 Å². The Hall–Kier alpha value is -0.580. The van der Waals surface area contributed by atoms with Crippen molar-refractivity contribution in [2.24, 2.45) is 0 Å². The van der Waals surface area contributed by atoms with Crippen molar-refractivity contribution in [1.82, 2.24) is 0 Å². The van der Waals surface area contributed by atoms with E-state index in [-0.39, 0.29) is 6.10 Å². The van der Waals surface area contributed by atoms with Crippen LogP contribution in [0.2, 0.25) is 0 Å². The smallest absolute Gasteiger partial charge is 0.119 e. The van der Waals surface area contributed by atoms with Crippen molar-refractivity contribution in [2.45, 2.75) is 13.0 Å². The zero-order valence-electron chi connectivity index (χ0n) is 7.45. The van der Waals surface area contributed by atoms with Crippen molar-refractivity contribution in [3.63, 3.8) is 0 Å². The van der Waals surface area contributed by atoms with E-state index < -0.39 is 0 Å². The first-order valence-corrected chi connectivity index (χ1v) is 4.62. The number of methoxy groups -OCH3 is 1. The molecule has 13 heavy (non-hydrogen) atoms. The summed E-state index contributed by atoms with van der Waals surface area (Å²) < 4.78 is 5.93. The van der Waals surface area contributed by atoms with E-state index in [2.05, 4.69) is 20.8 Å². The predicted molar refractivity (Wildman–Crippen MR) is 52.8 cm³/mol. The van der Waals surface area contributed by atoms with Gasteiger partial charge in [-0.1, -0.05) is 15.9 Å². The fraction of sp³-hybridized carbons (Fsp3) is 0.333. The van der Waals surface area contributed by atoms with Gasteiger partial charge >= 0.3 is 0 Å². The number of rotatable bonds is 3. The van der Waals surface area contributed by atoms with Crippen LogP contribution in [0.25, 0.3) is 0 Å². The van der Waals surface area contributed by atoms with Gasteiger partial charge < -0.3 is 4.74 Å². The van der Waals surface area contributed by atoms with E-state index in [1.54, 1.807) is 14.0 Å². The van der Waals surface area contributed by atoms with Gasteiger partial charge in [0.05, 0.1) is 7.11 Å². The number of benzene rings is 1. The molecule has 72 valence electrons. The summed E-state index contributed by atoms with van der Waals surface area (Å²) in [6.07, 6.45) is -0.371. The molecule has 1 rings (SSSR count). The molecule has 0 radical (unpaired) electrons. The van der Waals surface area contributed by atoms with Crippen molar-refractivity contribution in [2.75, 3.05) is 7.11 Å². The lowest BCUT2D eigenvalue weighted by Gasteiger charge is -2.11. The van der Waals surface area contributed by atoms with Crippen LogP contribution in [0.1, 0.15) is 18.6 Å². The highest BCUT2D eigenvalue weighted by molar-refractivity contribution is 9.10. The van der Waals surface area contributed by atoms with Crippen LogP contribution in [0, 0.1) is 0 Å². The SMILES string of the molecule is COc1ccc(Br)c(C(C)OO)c1. The topological polar surface area (TPSA) is 38.7 Å². The largest absolute Gasteiger partial charge is 0.497 e. The maximum atomic E-state index is 8.51. The van der Waals surface area contributed by atoms with E-state index in [9.17, 15) is 0 Å². The molecule has 1 atom stereocenters. The zero-order chi connectivity index (χ0) is 9.84. The predicted octanol–water partition coefficient (Wildman–Crippen LogP) is 3.01. The van der Waals surface area contributed by atoms with E-state index in [1.165, 1.54) is 0 Å². The van der Waals surface area contributed by atoms with Gasteiger partial charge in [0.15, 0.2) is 0 Å². The molecule has 0 fully saturated rings. The van der Waals surface area contributed by atoms with Crippen LogP contribution >= 0.6 is 15.9 Å². The lowest BCUT2D eigenvalue weighted by molar-refractivity contribution is -0.277. The Morgan fingerprint density at radius 3 is 2.69 bits per heavy atom. The minimum Gasteiger partial charge on any atom is -0.497 e. The molecule has 0 aromatic heterocycles. The second-order valence-electron chi connectivity index (χ2n) is 2.64. The number of ether oxygens (including phenoxy) is 1. The molecule has 0 aliphatic heterocycles. The van der Waals surface area contributed by atoms with E-state index in [0.29, 0.717) is 0 Å². The minimum absolute atomic E-state index is 0.371. The Morgan fingerprint density at radius 1 is 1.46 bits per heavy atom. The average molecular weight is 247 g/mol. The van der Waals surface area contributed by atoms with Crippen LogP contribution in [0.5, 0.6) is 5.75 Å². The minimum atomic E-state index is -0.371. The molecule has 1 N–H and O–H groups in total. The van der Waals surface area contributed by atoms with Crippen LogP contribution < -0.4 is 4.74 Å². The summed E-state index contributed by atoms with van der Waals surface area (Å²) in [7, 11) is 1.59. The summed E-state index contributed by atoms with van der Waals surface area (Å²) in [6, 6.07) is 5.49. The lowest BCUT2D eigenvalue weighted by Crippen LogP contribution is -1.98. The molecule has 4 heteroatoms. The van der Waals surface area contributed by atoms with Crippen LogP contribution in [0.15, 0.2) is 22.7 Å². The molecule has 1 aromatic carbocycles. The number of hydrogen-bond acceptors (Lipinski definition) is 3. The first kappa shape index (κ1) is 10.5. The lowest BCUT2D eigenvalue weighted by atomic mass is 10.1. The quantitative estimate of drug-likeness (QED) is 0.659. The number of halogens is 1. The van der Waals surface area contributed by atoms with Gasteiger partial charge in [0.1, 0.15) is 11.9 Å². The maximum absolute atomic E-state index is 8.51. The summed E-state index contributed by atoms with van der Waals surface area (Å²) >= 11 is 3.35. The van der Waals surface area contributed by atoms with E-state index in [4.69, 9.17) is 9.99 Å². The molecule has 1 unspecified atom stereocenters. The first-order chi connectivity index (χ1) is 6.19. The molecule has 0 saturated carbocycles. The van der Waals surface area contributed by atoms with Crippen LogP contribution in [0.3, 0.4) is 0 Å². The third-order valence-electron chi connectivity index (χ3n) is 1.80. The fourth-order valence-electron chi connectivity index (χ4n) is 1.02. The van der Waals surface area contributed by atoms with Gasteiger partial charge in [-0.25, -0.2) is 4.89 Å². The zero-order valence-corrected chi connectivity index (χ0v) is 9.04. The third kappa shape index (κ3) is 2.43. The molecule has 0 bridgehead atoms. The van der Waals surface area contributed by atoms with Crippen LogP contribution in [-0.2, 0) is 4.89 Å². The first-order valence-electron chi connectivity index (χ1n) is 3.82. The normalized spacial score (nSPS) is 12.6. The second kappa shape index (κ2) is 4.60. The molecule has 0 aliphatic rings. The molecule has 0 saturated heterocycles.